The lowest BCUT2D eigenvalue weighted by molar-refractivity contribution is 1.13. The molecule has 0 aliphatic heterocycles. The van der Waals surface area contributed by atoms with Crippen molar-refractivity contribution in [1.82, 2.24) is 9.13 Å². The maximum absolute atomic E-state index is 2.41. The minimum Gasteiger partial charge on any atom is -0.317 e. The van der Waals surface area contributed by atoms with Crippen LogP contribution in [0.2, 0.25) is 0 Å². The van der Waals surface area contributed by atoms with Gasteiger partial charge in [0.1, 0.15) is 0 Å². The molecule has 0 aliphatic rings. The molecule has 2 heterocycles. The molecule has 0 spiro atoms. The average Bonchev–Trinajstić information content (AvgIpc) is 3.51. The zero-order valence-corrected chi connectivity index (χ0v) is 19.6. The molecule has 0 N–H and O–H groups in total. The molecular weight excluding hydrogens is 436 g/mol. The van der Waals surface area contributed by atoms with Crippen molar-refractivity contribution in [3.8, 4) is 11.4 Å². The van der Waals surface area contributed by atoms with Crippen LogP contribution in [0.15, 0.2) is 134 Å². The van der Waals surface area contributed by atoms with Gasteiger partial charge in [0.2, 0.25) is 0 Å². The van der Waals surface area contributed by atoms with Gasteiger partial charge in [0.25, 0.3) is 0 Å². The Kier molecular flexibility index (Phi) is 3.97. The van der Waals surface area contributed by atoms with Crippen molar-refractivity contribution >= 4 is 54.3 Å². The van der Waals surface area contributed by atoms with Crippen molar-refractivity contribution in [1.29, 1.82) is 0 Å². The normalized spacial score (nSPS) is 11.9. The fraction of sp³-hybridized carbons (Fsp3) is 0. The Morgan fingerprint density at radius 3 is 2.03 bits per heavy atom. The van der Waals surface area contributed by atoms with Gasteiger partial charge >= 0.3 is 0 Å². The van der Waals surface area contributed by atoms with E-state index < -0.39 is 0 Å². The van der Waals surface area contributed by atoms with E-state index in [1.165, 1.54) is 65.6 Å². The van der Waals surface area contributed by atoms with E-state index in [1.807, 2.05) is 0 Å². The number of benzene rings is 6. The third-order valence-electron chi connectivity index (χ3n) is 7.51. The second-order valence-electron chi connectivity index (χ2n) is 9.49. The van der Waals surface area contributed by atoms with Crippen LogP contribution in [-0.2, 0) is 0 Å². The molecule has 2 aromatic heterocycles. The summed E-state index contributed by atoms with van der Waals surface area (Å²) in [7, 11) is 0. The van der Waals surface area contributed by atoms with E-state index in [4.69, 9.17) is 0 Å². The fourth-order valence-corrected chi connectivity index (χ4v) is 5.82. The Hall–Kier alpha value is -4.82. The van der Waals surface area contributed by atoms with Gasteiger partial charge in [-0.25, -0.2) is 0 Å². The van der Waals surface area contributed by atoms with Gasteiger partial charge in [-0.1, -0.05) is 72.8 Å². The van der Waals surface area contributed by atoms with E-state index >= 15 is 0 Å². The topological polar surface area (TPSA) is 9.86 Å². The van der Waals surface area contributed by atoms with Crippen LogP contribution in [0, 0.1) is 0 Å². The Labute approximate surface area is 208 Å². The van der Waals surface area contributed by atoms with Crippen LogP contribution in [0.5, 0.6) is 0 Å². The molecule has 0 bridgehead atoms. The van der Waals surface area contributed by atoms with E-state index in [-0.39, 0.29) is 0 Å². The maximum atomic E-state index is 2.41. The van der Waals surface area contributed by atoms with Gasteiger partial charge in [-0.05, 0) is 76.1 Å². The summed E-state index contributed by atoms with van der Waals surface area (Å²) in [4.78, 5) is 0. The molecule has 0 fully saturated rings. The highest BCUT2D eigenvalue weighted by Crippen LogP contribution is 2.38. The summed E-state index contributed by atoms with van der Waals surface area (Å²) >= 11 is 0. The predicted molar refractivity (Wildman–Crippen MR) is 153 cm³/mol. The summed E-state index contributed by atoms with van der Waals surface area (Å²) in [6.45, 7) is 0. The average molecular weight is 459 g/mol. The number of nitrogens with zero attached hydrogens (tertiary/aromatic N) is 2. The van der Waals surface area contributed by atoms with Crippen LogP contribution in [0.3, 0.4) is 0 Å². The lowest BCUT2D eigenvalue weighted by Crippen LogP contribution is -1.94. The van der Waals surface area contributed by atoms with E-state index in [9.17, 15) is 0 Å². The number of fused-ring (bicyclic) bond motifs is 7. The molecule has 8 aromatic rings. The molecule has 2 heteroatoms. The zero-order chi connectivity index (χ0) is 23.6. The summed E-state index contributed by atoms with van der Waals surface area (Å²) in [5.41, 5.74) is 6.07. The second-order valence-corrected chi connectivity index (χ2v) is 9.49. The highest BCUT2D eigenvalue weighted by molar-refractivity contribution is 6.18. The first-order valence-corrected chi connectivity index (χ1v) is 12.4. The molecule has 168 valence electrons. The molecule has 8 rings (SSSR count). The third kappa shape index (κ3) is 2.73. The summed E-state index contributed by atoms with van der Waals surface area (Å²) in [5, 5.41) is 8.90. The Balaban J connectivity index is 1.45. The minimum absolute atomic E-state index is 1.18. The van der Waals surface area contributed by atoms with Gasteiger partial charge in [-0.3, -0.25) is 0 Å². The number of aromatic nitrogens is 2. The van der Waals surface area contributed by atoms with Crippen LogP contribution >= 0.6 is 0 Å². The fourth-order valence-electron chi connectivity index (χ4n) is 5.82. The van der Waals surface area contributed by atoms with Crippen molar-refractivity contribution in [2.24, 2.45) is 0 Å². The van der Waals surface area contributed by atoms with Crippen LogP contribution < -0.4 is 0 Å². The molecular formula is C34H22N2. The van der Waals surface area contributed by atoms with Gasteiger partial charge in [0.05, 0.1) is 16.6 Å². The molecule has 0 saturated carbocycles. The molecule has 0 saturated heterocycles. The van der Waals surface area contributed by atoms with Gasteiger partial charge in [0.15, 0.2) is 0 Å². The van der Waals surface area contributed by atoms with Crippen LogP contribution in [-0.4, -0.2) is 9.13 Å². The number of hydrogen-bond acceptors (Lipinski definition) is 0. The first kappa shape index (κ1) is 19.5. The summed E-state index contributed by atoms with van der Waals surface area (Å²) in [5.74, 6) is 0. The first-order valence-electron chi connectivity index (χ1n) is 12.4. The molecule has 2 nitrogen and oxygen atoms in total. The quantitative estimate of drug-likeness (QED) is 0.244. The Bertz CT molecular complexity index is 2090. The number of hydrogen-bond donors (Lipinski definition) is 0. The lowest BCUT2D eigenvalue weighted by Gasteiger charge is -2.10. The van der Waals surface area contributed by atoms with Gasteiger partial charge in [-0.2, -0.15) is 0 Å². The minimum atomic E-state index is 1.18. The predicted octanol–water partition coefficient (Wildman–Crippen LogP) is 9.03. The van der Waals surface area contributed by atoms with Gasteiger partial charge < -0.3 is 9.13 Å². The van der Waals surface area contributed by atoms with Crippen molar-refractivity contribution in [2.75, 3.05) is 0 Å². The smallest absolute Gasteiger partial charge is 0.0547 e. The van der Waals surface area contributed by atoms with E-state index in [2.05, 4.69) is 143 Å². The third-order valence-corrected chi connectivity index (χ3v) is 7.51. The number of para-hydroxylation sites is 2. The number of rotatable bonds is 2. The molecule has 36 heavy (non-hydrogen) atoms. The van der Waals surface area contributed by atoms with E-state index in [0.29, 0.717) is 0 Å². The largest absolute Gasteiger partial charge is 0.317 e. The molecule has 0 amide bonds. The van der Waals surface area contributed by atoms with Crippen LogP contribution in [0.4, 0.5) is 0 Å². The Morgan fingerprint density at radius 1 is 0.361 bits per heavy atom. The van der Waals surface area contributed by atoms with Crippen molar-refractivity contribution in [3.63, 3.8) is 0 Å². The summed E-state index contributed by atoms with van der Waals surface area (Å²) < 4.78 is 4.69. The zero-order valence-electron chi connectivity index (χ0n) is 19.6. The standard InChI is InChI=1S/C34H22N2/c1-2-10-26(11-3-1)35-19-18-29-30-22-31-28-12-6-7-13-33(28)36(34(31)21-25(30)15-17-32(29)35)27-16-14-23-8-4-5-9-24(23)20-27/h1-22H. The van der Waals surface area contributed by atoms with Crippen LogP contribution in [0.1, 0.15) is 0 Å². The van der Waals surface area contributed by atoms with Crippen molar-refractivity contribution < 1.29 is 0 Å². The maximum Gasteiger partial charge on any atom is 0.0547 e. The summed E-state index contributed by atoms with van der Waals surface area (Å²) in [6.07, 6.45) is 2.18. The van der Waals surface area contributed by atoms with Crippen molar-refractivity contribution in [3.05, 3.63) is 134 Å². The molecule has 0 radical (unpaired) electrons. The van der Waals surface area contributed by atoms with Gasteiger partial charge in [0, 0.05) is 33.7 Å². The highest BCUT2D eigenvalue weighted by Gasteiger charge is 2.15. The molecule has 0 unspecified atom stereocenters. The lowest BCUT2D eigenvalue weighted by atomic mass is 10.0. The van der Waals surface area contributed by atoms with E-state index in [1.54, 1.807) is 0 Å². The second kappa shape index (κ2) is 7.34. The monoisotopic (exact) mass is 458 g/mol. The molecule has 6 aromatic carbocycles. The first-order chi connectivity index (χ1) is 17.8. The molecule has 0 atom stereocenters. The summed E-state index contributed by atoms with van der Waals surface area (Å²) in [6, 6.07) is 46.2. The molecule has 0 aliphatic carbocycles. The Morgan fingerprint density at radius 2 is 1.11 bits per heavy atom. The van der Waals surface area contributed by atoms with E-state index in [0.717, 1.165) is 0 Å². The SMILES string of the molecule is c1ccc(-n2ccc3c4cc5c6ccccc6n(-c6ccc7ccccc7c6)c5cc4ccc32)cc1. The highest BCUT2D eigenvalue weighted by atomic mass is 15.0. The van der Waals surface area contributed by atoms with Crippen molar-refractivity contribution in [2.45, 2.75) is 0 Å². The van der Waals surface area contributed by atoms with Gasteiger partial charge in [-0.15, -0.1) is 0 Å². The van der Waals surface area contributed by atoms with Crippen LogP contribution in [0.25, 0.3) is 65.6 Å².